The van der Waals surface area contributed by atoms with E-state index in [-0.39, 0.29) is 5.69 Å². The van der Waals surface area contributed by atoms with E-state index in [1.165, 1.54) is 0 Å². The van der Waals surface area contributed by atoms with Crippen LogP contribution in [-0.4, -0.2) is 39.2 Å². The zero-order valence-corrected chi connectivity index (χ0v) is 13.0. The van der Waals surface area contributed by atoms with E-state index in [1.807, 2.05) is 0 Å². The minimum atomic E-state index is -0.117. The normalized spacial score (nSPS) is 16.2. The SMILES string of the molecule is CCCCOc1ncc2[nH]c(=O)n(CC3CCNCC3)c2n1. The van der Waals surface area contributed by atoms with E-state index in [2.05, 4.69) is 27.2 Å². The van der Waals surface area contributed by atoms with Crippen LogP contribution in [0.1, 0.15) is 32.6 Å². The molecule has 0 bridgehead atoms. The van der Waals surface area contributed by atoms with Crippen molar-refractivity contribution < 1.29 is 4.74 Å². The number of fused-ring (bicyclic) bond motifs is 1. The van der Waals surface area contributed by atoms with E-state index in [1.54, 1.807) is 10.8 Å². The van der Waals surface area contributed by atoms with Crippen LogP contribution in [0.25, 0.3) is 11.2 Å². The topological polar surface area (TPSA) is 84.8 Å². The van der Waals surface area contributed by atoms with E-state index in [4.69, 9.17) is 4.74 Å². The third kappa shape index (κ3) is 3.30. The average molecular weight is 305 g/mol. The van der Waals surface area contributed by atoms with Crippen molar-refractivity contribution in [3.63, 3.8) is 0 Å². The lowest BCUT2D eigenvalue weighted by Gasteiger charge is -2.22. The van der Waals surface area contributed by atoms with Crippen LogP contribution >= 0.6 is 0 Å². The van der Waals surface area contributed by atoms with Gasteiger partial charge in [-0.05, 0) is 38.3 Å². The quantitative estimate of drug-likeness (QED) is 0.786. The molecular formula is C15H23N5O2. The molecule has 0 atom stereocenters. The maximum Gasteiger partial charge on any atom is 0.327 e. The number of aromatic amines is 1. The summed E-state index contributed by atoms with van der Waals surface area (Å²) in [7, 11) is 0. The third-order valence-electron chi connectivity index (χ3n) is 4.12. The van der Waals surface area contributed by atoms with Crippen molar-refractivity contribution in [1.82, 2.24) is 24.8 Å². The largest absolute Gasteiger partial charge is 0.463 e. The maximum atomic E-state index is 12.2. The summed E-state index contributed by atoms with van der Waals surface area (Å²) in [4.78, 5) is 23.6. The van der Waals surface area contributed by atoms with Gasteiger partial charge in [0.2, 0.25) is 0 Å². The van der Waals surface area contributed by atoms with Gasteiger partial charge in [-0.3, -0.25) is 4.57 Å². The molecule has 7 heteroatoms. The molecule has 0 aliphatic carbocycles. The summed E-state index contributed by atoms with van der Waals surface area (Å²) in [6, 6.07) is 0.346. The molecule has 3 heterocycles. The summed E-state index contributed by atoms with van der Waals surface area (Å²) >= 11 is 0. The molecule has 7 nitrogen and oxygen atoms in total. The standard InChI is InChI=1S/C15H23N5O2/c1-2-3-8-22-14-17-9-12-13(19-14)20(15(21)18-12)10-11-4-6-16-7-5-11/h9,11,16H,2-8,10H2,1H3,(H,18,21). The smallest absolute Gasteiger partial charge is 0.327 e. The van der Waals surface area contributed by atoms with Crippen molar-refractivity contribution in [3.05, 3.63) is 16.7 Å². The molecule has 0 radical (unpaired) electrons. The first-order valence-corrected chi connectivity index (χ1v) is 8.07. The molecule has 1 aliphatic rings. The fourth-order valence-electron chi connectivity index (χ4n) is 2.80. The average Bonchev–Trinajstić information content (AvgIpc) is 2.84. The van der Waals surface area contributed by atoms with Gasteiger partial charge in [-0.25, -0.2) is 9.78 Å². The van der Waals surface area contributed by atoms with E-state index in [0.29, 0.717) is 36.2 Å². The Morgan fingerprint density at radius 1 is 1.41 bits per heavy atom. The summed E-state index contributed by atoms with van der Waals surface area (Å²) in [6.07, 6.45) is 5.83. The summed E-state index contributed by atoms with van der Waals surface area (Å²) < 4.78 is 7.27. The van der Waals surface area contributed by atoms with Gasteiger partial charge < -0.3 is 15.0 Å². The molecule has 2 aromatic rings. The van der Waals surface area contributed by atoms with Crippen molar-refractivity contribution in [2.24, 2.45) is 5.92 Å². The van der Waals surface area contributed by atoms with Crippen molar-refractivity contribution in [2.45, 2.75) is 39.2 Å². The van der Waals surface area contributed by atoms with E-state index < -0.39 is 0 Å². The highest BCUT2D eigenvalue weighted by molar-refractivity contribution is 5.69. The van der Waals surface area contributed by atoms with Gasteiger partial charge in [-0.15, -0.1) is 0 Å². The van der Waals surface area contributed by atoms with Crippen LogP contribution in [0.4, 0.5) is 0 Å². The van der Waals surface area contributed by atoms with Crippen molar-refractivity contribution in [1.29, 1.82) is 0 Å². The van der Waals surface area contributed by atoms with Gasteiger partial charge in [0.05, 0.1) is 12.8 Å². The van der Waals surface area contributed by atoms with Crippen LogP contribution in [0.2, 0.25) is 0 Å². The van der Waals surface area contributed by atoms with Crippen LogP contribution in [-0.2, 0) is 6.54 Å². The van der Waals surface area contributed by atoms with Crippen molar-refractivity contribution in [2.75, 3.05) is 19.7 Å². The monoisotopic (exact) mass is 305 g/mol. The Balaban J connectivity index is 1.82. The Bertz CT molecular complexity index is 672. The van der Waals surface area contributed by atoms with Crippen LogP contribution in [0.3, 0.4) is 0 Å². The highest BCUT2D eigenvalue weighted by atomic mass is 16.5. The number of unbranched alkanes of at least 4 members (excludes halogenated alkanes) is 1. The van der Waals surface area contributed by atoms with Gasteiger partial charge in [0.25, 0.3) is 0 Å². The van der Waals surface area contributed by atoms with Crippen molar-refractivity contribution in [3.8, 4) is 6.01 Å². The number of nitrogens with zero attached hydrogens (tertiary/aromatic N) is 3. The second-order valence-electron chi connectivity index (χ2n) is 5.83. The molecule has 1 fully saturated rings. The van der Waals surface area contributed by atoms with Crippen molar-refractivity contribution >= 4 is 11.2 Å². The zero-order chi connectivity index (χ0) is 15.4. The number of aromatic nitrogens is 4. The minimum absolute atomic E-state index is 0.117. The first-order chi connectivity index (χ1) is 10.8. The van der Waals surface area contributed by atoms with Gasteiger partial charge in [0.15, 0.2) is 5.65 Å². The second-order valence-corrected chi connectivity index (χ2v) is 5.83. The molecule has 22 heavy (non-hydrogen) atoms. The number of ether oxygens (including phenoxy) is 1. The number of rotatable bonds is 6. The minimum Gasteiger partial charge on any atom is -0.463 e. The molecule has 1 saturated heterocycles. The van der Waals surface area contributed by atoms with E-state index in [9.17, 15) is 4.79 Å². The molecule has 2 aromatic heterocycles. The molecular weight excluding hydrogens is 282 g/mol. The van der Waals surface area contributed by atoms with Gasteiger partial charge in [0, 0.05) is 6.54 Å². The van der Waals surface area contributed by atoms with Gasteiger partial charge in [0.1, 0.15) is 5.52 Å². The first-order valence-electron chi connectivity index (χ1n) is 8.07. The summed E-state index contributed by atoms with van der Waals surface area (Å²) in [5.74, 6) is 0.511. The lowest BCUT2D eigenvalue weighted by Crippen LogP contribution is -2.32. The van der Waals surface area contributed by atoms with Crippen LogP contribution in [0.15, 0.2) is 11.0 Å². The van der Waals surface area contributed by atoms with Crippen LogP contribution in [0.5, 0.6) is 6.01 Å². The predicted octanol–water partition coefficient (Wildman–Crippen LogP) is 1.30. The molecule has 1 aliphatic heterocycles. The molecule has 0 amide bonds. The highest BCUT2D eigenvalue weighted by Crippen LogP contribution is 2.17. The second kappa shape index (κ2) is 6.91. The molecule has 120 valence electrons. The van der Waals surface area contributed by atoms with Crippen LogP contribution in [0, 0.1) is 5.92 Å². The Labute approximate surface area is 129 Å². The fraction of sp³-hybridized carbons (Fsp3) is 0.667. The van der Waals surface area contributed by atoms with Crippen LogP contribution < -0.4 is 15.7 Å². The first kappa shape index (κ1) is 15.0. The molecule has 3 rings (SSSR count). The zero-order valence-electron chi connectivity index (χ0n) is 13.0. The summed E-state index contributed by atoms with van der Waals surface area (Å²) in [6.45, 7) is 5.44. The number of nitrogens with one attached hydrogen (secondary N) is 2. The lowest BCUT2D eigenvalue weighted by atomic mass is 9.98. The molecule has 2 N–H and O–H groups in total. The van der Waals surface area contributed by atoms with Gasteiger partial charge in [-0.1, -0.05) is 13.3 Å². The molecule has 0 spiro atoms. The molecule has 0 unspecified atom stereocenters. The lowest BCUT2D eigenvalue weighted by molar-refractivity contribution is 0.285. The summed E-state index contributed by atoms with van der Waals surface area (Å²) in [5.41, 5.74) is 1.19. The Kier molecular flexibility index (Phi) is 4.72. The van der Waals surface area contributed by atoms with E-state index in [0.717, 1.165) is 38.8 Å². The summed E-state index contributed by atoms with van der Waals surface area (Å²) in [5, 5.41) is 3.34. The number of imidazole rings is 1. The van der Waals surface area contributed by atoms with Gasteiger partial charge in [-0.2, -0.15) is 4.98 Å². The Morgan fingerprint density at radius 2 is 2.23 bits per heavy atom. The fourth-order valence-corrected chi connectivity index (χ4v) is 2.80. The predicted molar refractivity (Wildman–Crippen MR) is 84.1 cm³/mol. The molecule has 0 aromatic carbocycles. The Morgan fingerprint density at radius 3 is 3.00 bits per heavy atom. The number of piperidine rings is 1. The third-order valence-corrected chi connectivity index (χ3v) is 4.12. The Hall–Kier alpha value is -1.89. The number of hydrogen-bond acceptors (Lipinski definition) is 5. The van der Waals surface area contributed by atoms with Gasteiger partial charge >= 0.3 is 11.7 Å². The van der Waals surface area contributed by atoms with E-state index >= 15 is 0 Å². The number of H-pyrrole nitrogens is 1. The number of hydrogen-bond donors (Lipinski definition) is 2. The maximum absolute atomic E-state index is 12.2. The highest BCUT2D eigenvalue weighted by Gasteiger charge is 2.17. The molecule has 0 saturated carbocycles.